The summed E-state index contributed by atoms with van der Waals surface area (Å²) in [6.45, 7) is 1.91. The summed E-state index contributed by atoms with van der Waals surface area (Å²) in [5.41, 5.74) is -0.188. The Morgan fingerprint density at radius 3 is 2.93 bits per heavy atom. The number of hydrogen-bond donors (Lipinski definition) is 0. The van der Waals surface area contributed by atoms with Gasteiger partial charge in [0.2, 0.25) is 0 Å². The van der Waals surface area contributed by atoms with Crippen molar-refractivity contribution in [1.82, 2.24) is 9.55 Å². The molecule has 0 bridgehead atoms. The van der Waals surface area contributed by atoms with Crippen LogP contribution in [0, 0.1) is 6.92 Å². The van der Waals surface area contributed by atoms with Crippen molar-refractivity contribution in [1.29, 1.82) is 0 Å². The van der Waals surface area contributed by atoms with Gasteiger partial charge in [0.25, 0.3) is 5.56 Å². The molecule has 5 heteroatoms. The van der Waals surface area contributed by atoms with Gasteiger partial charge in [-0.3, -0.25) is 14.2 Å². The second kappa shape index (κ2) is 3.78. The lowest BCUT2D eigenvalue weighted by molar-refractivity contribution is 0.112. The van der Waals surface area contributed by atoms with Crippen molar-refractivity contribution in [2.45, 2.75) is 6.92 Å². The summed E-state index contributed by atoms with van der Waals surface area (Å²) in [5.74, 6) is 0. The molecule has 2 aromatic rings. The second-order valence-corrected chi connectivity index (χ2v) is 4.22. The van der Waals surface area contributed by atoms with Crippen LogP contribution in [0.3, 0.4) is 0 Å². The minimum absolute atomic E-state index is 0.144. The number of carbonyl (C=O) groups excluding carboxylic acids is 1. The highest BCUT2D eigenvalue weighted by molar-refractivity contribution is 7.13. The quantitative estimate of drug-likeness (QED) is 0.719. The van der Waals surface area contributed by atoms with E-state index in [0.717, 1.165) is 4.88 Å². The van der Waals surface area contributed by atoms with E-state index in [0.29, 0.717) is 11.4 Å². The number of aryl methyl sites for hydroxylation is 1. The third-order valence-electron chi connectivity index (χ3n) is 1.92. The number of thiazole rings is 1. The Hall–Kier alpha value is -1.75. The van der Waals surface area contributed by atoms with Crippen molar-refractivity contribution < 1.29 is 4.79 Å². The molecule has 0 saturated heterocycles. The van der Waals surface area contributed by atoms with Crippen molar-refractivity contribution >= 4 is 17.6 Å². The Balaban J connectivity index is 2.63. The van der Waals surface area contributed by atoms with E-state index in [1.165, 1.54) is 22.0 Å². The third-order valence-corrected chi connectivity index (χ3v) is 2.83. The van der Waals surface area contributed by atoms with Crippen LogP contribution in [0.25, 0.3) is 5.13 Å². The van der Waals surface area contributed by atoms with Crippen LogP contribution in [0.15, 0.2) is 29.3 Å². The maximum Gasteiger partial charge on any atom is 0.267 e. The molecule has 0 aliphatic carbocycles. The Labute approximate surface area is 89.8 Å². The summed E-state index contributed by atoms with van der Waals surface area (Å²) in [6, 6.07) is 3.15. The first-order valence-corrected chi connectivity index (χ1v) is 5.13. The van der Waals surface area contributed by atoms with Crippen LogP contribution in [-0.2, 0) is 0 Å². The molecule has 0 amide bonds. The van der Waals surface area contributed by atoms with Crippen molar-refractivity contribution in [2.24, 2.45) is 0 Å². The van der Waals surface area contributed by atoms with E-state index >= 15 is 0 Å². The van der Waals surface area contributed by atoms with Crippen LogP contribution in [-0.4, -0.2) is 15.8 Å². The first-order chi connectivity index (χ1) is 7.22. The van der Waals surface area contributed by atoms with Gasteiger partial charge in [0.05, 0.1) is 5.56 Å². The first-order valence-electron chi connectivity index (χ1n) is 4.32. The topological polar surface area (TPSA) is 52.0 Å². The second-order valence-electron chi connectivity index (χ2n) is 3.01. The molecule has 0 N–H and O–H groups in total. The summed E-state index contributed by atoms with van der Waals surface area (Å²) < 4.78 is 1.38. The summed E-state index contributed by atoms with van der Waals surface area (Å²) in [4.78, 5) is 27.4. The molecule has 4 nitrogen and oxygen atoms in total. The highest BCUT2D eigenvalue weighted by atomic mass is 32.1. The SMILES string of the molecule is Cc1cnc(-n2cccc(C=O)c2=O)s1. The molecule has 0 saturated carbocycles. The van der Waals surface area contributed by atoms with Gasteiger partial charge in [-0.25, -0.2) is 4.98 Å². The van der Waals surface area contributed by atoms with Crippen molar-refractivity contribution in [3.8, 4) is 5.13 Å². The molecule has 76 valence electrons. The lowest BCUT2D eigenvalue weighted by Crippen LogP contribution is -2.20. The van der Waals surface area contributed by atoms with Crippen LogP contribution in [0.5, 0.6) is 0 Å². The van der Waals surface area contributed by atoms with Gasteiger partial charge in [-0.05, 0) is 19.1 Å². The maximum absolute atomic E-state index is 11.7. The van der Waals surface area contributed by atoms with E-state index in [9.17, 15) is 9.59 Å². The van der Waals surface area contributed by atoms with Gasteiger partial charge in [-0.15, -0.1) is 11.3 Å². The number of pyridine rings is 1. The summed E-state index contributed by atoms with van der Waals surface area (Å²) in [7, 11) is 0. The van der Waals surface area contributed by atoms with Crippen LogP contribution < -0.4 is 5.56 Å². The standard InChI is InChI=1S/C10H8N2O2S/c1-7-5-11-10(15-7)12-4-2-3-8(6-13)9(12)14/h2-6H,1H3. The highest BCUT2D eigenvalue weighted by Gasteiger charge is 2.06. The molecule has 0 unspecified atom stereocenters. The highest BCUT2D eigenvalue weighted by Crippen LogP contribution is 2.14. The van der Waals surface area contributed by atoms with Gasteiger partial charge in [0.15, 0.2) is 11.4 Å². The van der Waals surface area contributed by atoms with Crippen LogP contribution in [0.1, 0.15) is 15.2 Å². The normalized spacial score (nSPS) is 10.2. The van der Waals surface area contributed by atoms with E-state index in [-0.39, 0.29) is 11.1 Å². The molecular formula is C10H8N2O2S. The smallest absolute Gasteiger partial charge is 0.267 e. The Morgan fingerprint density at radius 1 is 1.53 bits per heavy atom. The molecule has 0 fully saturated rings. The summed E-state index contributed by atoms with van der Waals surface area (Å²) in [6.07, 6.45) is 3.85. The van der Waals surface area contributed by atoms with Gasteiger partial charge in [-0.1, -0.05) is 0 Å². The number of rotatable bonds is 2. The molecule has 2 aromatic heterocycles. The minimum atomic E-state index is -0.332. The number of carbonyl (C=O) groups is 1. The zero-order chi connectivity index (χ0) is 10.8. The average Bonchev–Trinajstić information content (AvgIpc) is 2.65. The lowest BCUT2D eigenvalue weighted by atomic mass is 10.3. The number of aromatic nitrogens is 2. The van der Waals surface area contributed by atoms with Crippen molar-refractivity contribution in [3.63, 3.8) is 0 Å². The van der Waals surface area contributed by atoms with Crippen molar-refractivity contribution in [3.05, 3.63) is 45.3 Å². The molecule has 0 aliphatic rings. The Bertz CT molecular complexity index is 557. The molecule has 2 heterocycles. The molecule has 0 spiro atoms. The van der Waals surface area contributed by atoms with E-state index in [1.54, 1.807) is 18.5 Å². The first kappa shape index (κ1) is 9.79. The maximum atomic E-state index is 11.7. The molecule has 15 heavy (non-hydrogen) atoms. The Kier molecular flexibility index (Phi) is 2.47. The largest absolute Gasteiger partial charge is 0.298 e. The average molecular weight is 220 g/mol. The number of nitrogens with zero attached hydrogens (tertiary/aromatic N) is 2. The fraction of sp³-hybridized carbons (Fsp3) is 0.100. The van der Waals surface area contributed by atoms with E-state index in [4.69, 9.17) is 0 Å². The number of aldehydes is 1. The zero-order valence-electron chi connectivity index (χ0n) is 8.01. The zero-order valence-corrected chi connectivity index (χ0v) is 8.82. The molecule has 0 aromatic carbocycles. The minimum Gasteiger partial charge on any atom is -0.298 e. The predicted molar refractivity (Wildman–Crippen MR) is 57.8 cm³/mol. The van der Waals surface area contributed by atoms with E-state index in [2.05, 4.69) is 4.98 Å². The van der Waals surface area contributed by atoms with E-state index < -0.39 is 0 Å². The van der Waals surface area contributed by atoms with Crippen molar-refractivity contribution in [2.75, 3.05) is 0 Å². The Morgan fingerprint density at radius 2 is 2.33 bits per heavy atom. The van der Waals surface area contributed by atoms with Crippen LogP contribution in [0.4, 0.5) is 0 Å². The van der Waals surface area contributed by atoms with Gasteiger partial charge in [0.1, 0.15) is 0 Å². The fourth-order valence-corrected chi connectivity index (χ4v) is 1.95. The summed E-state index contributed by atoms with van der Waals surface area (Å²) >= 11 is 1.41. The van der Waals surface area contributed by atoms with Gasteiger partial charge < -0.3 is 0 Å². The van der Waals surface area contributed by atoms with E-state index in [1.807, 2.05) is 6.92 Å². The van der Waals surface area contributed by atoms with Crippen LogP contribution >= 0.6 is 11.3 Å². The molecular weight excluding hydrogens is 212 g/mol. The van der Waals surface area contributed by atoms with Gasteiger partial charge in [0, 0.05) is 17.3 Å². The fourth-order valence-electron chi connectivity index (χ4n) is 1.21. The van der Waals surface area contributed by atoms with Gasteiger partial charge in [-0.2, -0.15) is 0 Å². The number of hydrogen-bond acceptors (Lipinski definition) is 4. The summed E-state index contributed by atoms with van der Waals surface area (Å²) in [5, 5.41) is 0.584. The predicted octanol–water partition coefficient (Wildman–Crippen LogP) is 1.41. The lowest BCUT2D eigenvalue weighted by Gasteiger charge is -1.99. The van der Waals surface area contributed by atoms with Gasteiger partial charge >= 0.3 is 0 Å². The molecule has 0 atom stereocenters. The molecule has 2 rings (SSSR count). The van der Waals surface area contributed by atoms with Crippen LogP contribution in [0.2, 0.25) is 0 Å². The molecule has 0 aliphatic heterocycles. The third kappa shape index (κ3) is 1.73. The molecule has 0 radical (unpaired) electrons. The monoisotopic (exact) mass is 220 g/mol.